The van der Waals surface area contributed by atoms with Crippen LogP contribution in [0.15, 0.2) is 12.4 Å². The zero-order chi connectivity index (χ0) is 26.4. The predicted octanol–water partition coefficient (Wildman–Crippen LogP) is 2.41. The number of hydrogen-bond acceptors (Lipinski definition) is 5. The van der Waals surface area contributed by atoms with Crippen molar-refractivity contribution in [3.8, 4) is 0 Å². The number of H-pyrrole nitrogens is 1. The van der Waals surface area contributed by atoms with Gasteiger partial charge < -0.3 is 19.9 Å². The Morgan fingerprint density at radius 1 is 1.14 bits per heavy atom. The second-order valence-electron chi connectivity index (χ2n) is 12.7. The molecular weight excluding hydrogens is 477 g/mol. The molecule has 0 aromatic carbocycles. The molecule has 0 unspecified atom stereocenters. The highest BCUT2D eigenvalue weighted by Gasteiger charge is 2.61. The molecule has 3 heterocycles. The first kappa shape index (κ1) is 26.1. The highest BCUT2D eigenvalue weighted by atomic mass is 19.1. The van der Waals surface area contributed by atoms with Crippen molar-refractivity contribution in [3.05, 3.63) is 18.0 Å². The van der Waals surface area contributed by atoms with Crippen LogP contribution < -0.4 is 5.32 Å². The number of nitrogens with zero attached hydrogens (tertiary/aromatic N) is 3. The van der Waals surface area contributed by atoms with Gasteiger partial charge in [-0.3, -0.25) is 19.5 Å². The molecule has 4 aliphatic rings. The molecule has 2 saturated heterocycles. The number of carbonyl (C=O) groups is 3. The van der Waals surface area contributed by atoms with Gasteiger partial charge in [-0.25, -0.2) is 4.39 Å². The highest BCUT2D eigenvalue weighted by Crippen LogP contribution is 2.54. The van der Waals surface area contributed by atoms with Gasteiger partial charge in [-0.05, 0) is 50.4 Å². The lowest BCUT2D eigenvalue weighted by Gasteiger charge is -2.50. The monoisotopic (exact) mass is 517 g/mol. The van der Waals surface area contributed by atoms with Crippen LogP contribution in [-0.2, 0) is 14.3 Å². The summed E-state index contributed by atoms with van der Waals surface area (Å²) in [6.07, 6.45) is 6.77. The molecule has 2 aliphatic heterocycles. The lowest BCUT2D eigenvalue weighted by atomic mass is 9.71. The largest absolute Gasteiger partial charge is 0.379 e. The Balaban J connectivity index is 1.14. The number of ether oxygens (including phenoxy) is 1. The number of amides is 3. The summed E-state index contributed by atoms with van der Waals surface area (Å²) in [5.74, 6) is -0.0523. The number of hydrogen-bond donors (Lipinski definition) is 2. The van der Waals surface area contributed by atoms with E-state index in [9.17, 15) is 18.8 Å². The molecule has 5 rings (SSSR count). The van der Waals surface area contributed by atoms with Gasteiger partial charge >= 0.3 is 0 Å². The van der Waals surface area contributed by atoms with Gasteiger partial charge in [-0.2, -0.15) is 5.10 Å². The van der Waals surface area contributed by atoms with Crippen LogP contribution in [0.3, 0.4) is 0 Å². The minimum absolute atomic E-state index is 0.0543. The maximum absolute atomic E-state index is 14.0. The van der Waals surface area contributed by atoms with E-state index in [1.54, 1.807) is 18.0 Å². The average molecular weight is 518 g/mol. The summed E-state index contributed by atoms with van der Waals surface area (Å²) in [4.78, 5) is 42.8. The number of likely N-dealkylation sites (tertiary alicyclic amines) is 2. The van der Waals surface area contributed by atoms with Crippen molar-refractivity contribution in [2.45, 2.75) is 58.5 Å². The Kier molecular flexibility index (Phi) is 6.83. The van der Waals surface area contributed by atoms with E-state index in [-0.39, 0.29) is 35.0 Å². The van der Waals surface area contributed by atoms with Crippen molar-refractivity contribution >= 4 is 17.7 Å². The molecule has 2 atom stereocenters. The molecule has 1 aromatic heterocycles. The molecular formula is C27H40FN5O4. The molecule has 0 bridgehead atoms. The van der Waals surface area contributed by atoms with Crippen molar-refractivity contribution in [2.75, 3.05) is 45.9 Å². The van der Waals surface area contributed by atoms with Gasteiger partial charge in [0.2, 0.25) is 11.8 Å². The fourth-order valence-electron chi connectivity index (χ4n) is 6.40. The zero-order valence-corrected chi connectivity index (χ0v) is 22.2. The fraction of sp³-hybridized carbons (Fsp3) is 0.778. The van der Waals surface area contributed by atoms with Gasteiger partial charge in [0.1, 0.15) is 5.67 Å². The lowest BCUT2D eigenvalue weighted by molar-refractivity contribution is -0.151. The summed E-state index contributed by atoms with van der Waals surface area (Å²) in [6.45, 7) is 9.00. The number of rotatable bonds is 8. The van der Waals surface area contributed by atoms with E-state index in [0.29, 0.717) is 70.3 Å². The third-order valence-electron chi connectivity index (χ3n) is 9.18. The molecule has 204 valence electrons. The van der Waals surface area contributed by atoms with Crippen molar-refractivity contribution in [2.24, 2.45) is 28.6 Å². The SMILES string of the molecule is CC1(F)CCC(COCCNC(=O)[C@@H]2CN(C(=O)c3cn[nH]c3)CC23CN(C(=O)[C@H]2CC2(C)C)C3)CC1. The normalized spacial score (nSPS) is 31.7. The summed E-state index contributed by atoms with van der Waals surface area (Å²) in [7, 11) is 0. The molecule has 2 N–H and O–H groups in total. The molecule has 37 heavy (non-hydrogen) atoms. The van der Waals surface area contributed by atoms with Crippen molar-refractivity contribution in [3.63, 3.8) is 0 Å². The lowest BCUT2D eigenvalue weighted by Crippen LogP contribution is -2.64. The number of alkyl halides is 1. The number of nitrogens with one attached hydrogen (secondary N) is 2. The van der Waals surface area contributed by atoms with Gasteiger partial charge in [-0.15, -0.1) is 0 Å². The minimum Gasteiger partial charge on any atom is -0.379 e. The number of carbonyl (C=O) groups excluding carboxylic acids is 3. The Morgan fingerprint density at radius 3 is 2.43 bits per heavy atom. The first-order valence-corrected chi connectivity index (χ1v) is 13.6. The van der Waals surface area contributed by atoms with Gasteiger partial charge in [0.25, 0.3) is 5.91 Å². The topological polar surface area (TPSA) is 108 Å². The van der Waals surface area contributed by atoms with Crippen LogP contribution >= 0.6 is 0 Å². The summed E-state index contributed by atoms with van der Waals surface area (Å²) in [6, 6.07) is 0. The third-order valence-corrected chi connectivity index (χ3v) is 9.18. The molecule has 9 nitrogen and oxygen atoms in total. The van der Waals surface area contributed by atoms with Crippen LogP contribution in [-0.4, -0.2) is 89.3 Å². The van der Waals surface area contributed by atoms with E-state index in [1.165, 1.54) is 6.20 Å². The smallest absolute Gasteiger partial charge is 0.257 e. The molecule has 3 amide bonds. The summed E-state index contributed by atoms with van der Waals surface area (Å²) in [5.41, 5.74) is -0.961. The molecule has 0 radical (unpaired) electrons. The predicted molar refractivity (Wildman–Crippen MR) is 134 cm³/mol. The van der Waals surface area contributed by atoms with Crippen molar-refractivity contribution in [1.82, 2.24) is 25.3 Å². The van der Waals surface area contributed by atoms with Crippen LogP contribution in [0.2, 0.25) is 0 Å². The van der Waals surface area contributed by atoms with Crippen LogP contribution in [0, 0.1) is 28.6 Å². The molecule has 1 aromatic rings. The van der Waals surface area contributed by atoms with Crippen molar-refractivity contribution in [1.29, 1.82) is 0 Å². The first-order valence-electron chi connectivity index (χ1n) is 13.6. The molecule has 1 spiro atoms. The van der Waals surface area contributed by atoms with Crippen LogP contribution in [0.25, 0.3) is 0 Å². The molecule has 2 aliphatic carbocycles. The van der Waals surface area contributed by atoms with Crippen LogP contribution in [0.4, 0.5) is 4.39 Å². The Hall–Kier alpha value is -2.49. The Labute approximate surface area is 217 Å². The van der Waals surface area contributed by atoms with Gasteiger partial charge in [-0.1, -0.05) is 13.8 Å². The van der Waals surface area contributed by atoms with Crippen LogP contribution in [0.1, 0.15) is 63.2 Å². The number of aromatic amines is 1. The van der Waals surface area contributed by atoms with E-state index in [2.05, 4.69) is 29.4 Å². The average Bonchev–Trinajstić information content (AvgIpc) is 3.22. The fourth-order valence-corrected chi connectivity index (χ4v) is 6.40. The summed E-state index contributed by atoms with van der Waals surface area (Å²) < 4.78 is 19.8. The van der Waals surface area contributed by atoms with E-state index in [1.807, 2.05) is 4.90 Å². The third kappa shape index (κ3) is 5.40. The second kappa shape index (κ2) is 9.67. The Bertz CT molecular complexity index is 1010. The van der Waals surface area contributed by atoms with Gasteiger partial charge in [0, 0.05) is 56.9 Å². The quantitative estimate of drug-likeness (QED) is 0.515. The van der Waals surface area contributed by atoms with E-state index < -0.39 is 11.1 Å². The van der Waals surface area contributed by atoms with Gasteiger partial charge in [0.05, 0.1) is 24.3 Å². The highest BCUT2D eigenvalue weighted by molar-refractivity contribution is 5.95. The van der Waals surface area contributed by atoms with Crippen molar-refractivity contribution < 1.29 is 23.5 Å². The van der Waals surface area contributed by atoms with E-state index in [0.717, 1.165) is 19.3 Å². The first-order chi connectivity index (χ1) is 17.5. The van der Waals surface area contributed by atoms with E-state index in [4.69, 9.17) is 4.74 Å². The zero-order valence-electron chi connectivity index (χ0n) is 22.2. The molecule has 4 fully saturated rings. The second-order valence-corrected chi connectivity index (χ2v) is 12.7. The Morgan fingerprint density at radius 2 is 1.81 bits per heavy atom. The maximum atomic E-state index is 14.0. The number of halogens is 1. The summed E-state index contributed by atoms with van der Waals surface area (Å²) in [5, 5.41) is 9.55. The van der Waals surface area contributed by atoms with E-state index >= 15 is 0 Å². The standard InChI is InChI=1S/C27H40FN5O4/c1-25(2)10-20(25)24(36)33-16-27(17-33)15-32(23(35)19-11-30-31-12-19)13-21(27)22(34)29-8-9-37-14-18-4-6-26(3,28)7-5-18/h11-12,18,20-21H,4-10,13-17H2,1-3H3,(H,29,34)(H,30,31)/t18?,20-,21+,26?/m1/s1. The van der Waals surface area contributed by atoms with Crippen LogP contribution in [0.5, 0.6) is 0 Å². The summed E-state index contributed by atoms with van der Waals surface area (Å²) >= 11 is 0. The van der Waals surface area contributed by atoms with Gasteiger partial charge in [0.15, 0.2) is 0 Å². The maximum Gasteiger partial charge on any atom is 0.257 e. The molecule has 2 saturated carbocycles. The minimum atomic E-state index is -1.05. The number of aromatic nitrogens is 2. The molecule has 10 heteroatoms.